The average Bonchev–Trinajstić information content (AvgIpc) is 2.59. The third-order valence-corrected chi connectivity index (χ3v) is 2.86. The molecule has 1 aromatic heterocycles. The highest BCUT2D eigenvalue weighted by Crippen LogP contribution is 2.16. The fourth-order valence-corrected chi connectivity index (χ4v) is 1.65. The van der Waals surface area contributed by atoms with E-state index < -0.39 is 10.8 Å². The van der Waals surface area contributed by atoms with Gasteiger partial charge < -0.3 is 4.74 Å². The summed E-state index contributed by atoms with van der Waals surface area (Å²) in [6.07, 6.45) is 3.27. The van der Waals surface area contributed by atoms with Gasteiger partial charge in [0.2, 0.25) is 0 Å². The first kappa shape index (κ1) is 16.1. The molecule has 0 aliphatic carbocycles. The second kappa shape index (κ2) is 7.64. The quantitative estimate of drug-likeness (QED) is 0.498. The Balaban J connectivity index is 1.84. The molecule has 0 bridgehead atoms. The fraction of sp³-hybridized carbons (Fsp3) is 0.133. The van der Waals surface area contributed by atoms with Crippen molar-refractivity contribution in [3.05, 3.63) is 64.5 Å². The van der Waals surface area contributed by atoms with Gasteiger partial charge in [0.05, 0.1) is 10.6 Å². The normalized spacial score (nSPS) is 10.9. The fourth-order valence-electron chi connectivity index (χ4n) is 1.65. The molecular formula is C15H14N4O4. The second-order valence-electron chi connectivity index (χ2n) is 4.51. The number of hydrogen-bond donors (Lipinski definition) is 1. The van der Waals surface area contributed by atoms with E-state index in [4.69, 9.17) is 4.74 Å². The first-order valence-corrected chi connectivity index (χ1v) is 6.67. The number of carbonyl (C=O) groups excluding carboxylic acids is 1. The molecule has 0 aliphatic heterocycles. The Kier molecular flexibility index (Phi) is 5.35. The van der Waals surface area contributed by atoms with Crippen molar-refractivity contribution < 1.29 is 14.5 Å². The Labute approximate surface area is 132 Å². The van der Waals surface area contributed by atoms with Crippen molar-refractivity contribution in [3.8, 4) is 5.75 Å². The van der Waals surface area contributed by atoms with Crippen molar-refractivity contribution in [2.45, 2.75) is 6.92 Å². The standard InChI is InChI=1S/C15H14N4O4/c1-11(12-6-8-16-9-7-12)17-18-15(20)10-23-14-4-2-13(3-5-14)19(21)22/h2-9H,10H2,1H3,(H,18,20)/b17-11-. The molecule has 0 fully saturated rings. The van der Waals surface area contributed by atoms with E-state index in [-0.39, 0.29) is 12.3 Å². The van der Waals surface area contributed by atoms with E-state index >= 15 is 0 Å². The molecule has 1 N–H and O–H groups in total. The van der Waals surface area contributed by atoms with Crippen molar-refractivity contribution in [2.75, 3.05) is 6.61 Å². The molecule has 8 heteroatoms. The lowest BCUT2D eigenvalue weighted by molar-refractivity contribution is -0.384. The summed E-state index contributed by atoms with van der Waals surface area (Å²) in [5.74, 6) is -0.0719. The Morgan fingerprint density at radius 3 is 2.52 bits per heavy atom. The number of carbonyl (C=O) groups is 1. The number of amides is 1. The Bertz CT molecular complexity index is 714. The van der Waals surface area contributed by atoms with E-state index in [1.54, 1.807) is 31.5 Å². The summed E-state index contributed by atoms with van der Waals surface area (Å²) in [4.78, 5) is 25.6. The molecule has 1 aromatic carbocycles. The minimum absolute atomic E-state index is 0.0422. The molecule has 2 aromatic rings. The predicted octanol–water partition coefficient (Wildman–Crippen LogP) is 1.91. The van der Waals surface area contributed by atoms with E-state index in [9.17, 15) is 14.9 Å². The number of aromatic nitrogens is 1. The molecular weight excluding hydrogens is 300 g/mol. The van der Waals surface area contributed by atoms with E-state index in [2.05, 4.69) is 15.5 Å². The zero-order chi connectivity index (χ0) is 16.7. The number of ether oxygens (including phenoxy) is 1. The SMILES string of the molecule is C/C(=N/NC(=O)COc1ccc([N+](=O)[O-])cc1)c1ccncc1. The van der Waals surface area contributed by atoms with Crippen molar-refractivity contribution in [2.24, 2.45) is 5.10 Å². The van der Waals surface area contributed by atoms with Crippen LogP contribution in [0.2, 0.25) is 0 Å². The number of benzene rings is 1. The lowest BCUT2D eigenvalue weighted by Crippen LogP contribution is -2.25. The number of nitro groups is 1. The third kappa shape index (κ3) is 4.88. The van der Waals surface area contributed by atoms with E-state index in [0.29, 0.717) is 11.5 Å². The van der Waals surface area contributed by atoms with Gasteiger partial charge in [-0.25, -0.2) is 5.43 Å². The number of pyridine rings is 1. The number of nitrogens with one attached hydrogen (secondary N) is 1. The highest BCUT2D eigenvalue weighted by molar-refractivity contribution is 5.99. The Hall–Kier alpha value is -3.29. The van der Waals surface area contributed by atoms with E-state index in [0.717, 1.165) is 5.56 Å². The number of hydrogen-bond acceptors (Lipinski definition) is 6. The van der Waals surface area contributed by atoms with Crippen LogP contribution in [0.1, 0.15) is 12.5 Å². The molecule has 0 aliphatic rings. The Morgan fingerprint density at radius 2 is 1.91 bits per heavy atom. The smallest absolute Gasteiger partial charge is 0.277 e. The van der Waals surface area contributed by atoms with Crippen molar-refractivity contribution >= 4 is 17.3 Å². The number of hydrazone groups is 1. The van der Waals surface area contributed by atoms with Crippen LogP contribution in [0.25, 0.3) is 0 Å². The van der Waals surface area contributed by atoms with E-state index in [1.807, 2.05) is 0 Å². The van der Waals surface area contributed by atoms with Crippen molar-refractivity contribution in [3.63, 3.8) is 0 Å². The zero-order valence-electron chi connectivity index (χ0n) is 12.3. The molecule has 0 spiro atoms. The lowest BCUT2D eigenvalue weighted by Gasteiger charge is -2.05. The van der Waals surface area contributed by atoms with Crippen LogP contribution in [0.15, 0.2) is 53.9 Å². The first-order chi connectivity index (χ1) is 11.1. The van der Waals surface area contributed by atoms with Crippen LogP contribution in [-0.4, -0.2) is 28.1 Å². The molecule has 0 saturated heterocycles. The maximum Gasteiger partial charge on any atom is 0.277 e. The summed E-state index contributed by atoms with van der Waals surface area (Å²) in [6.45, 7) is 1.51. The number of rotatable bonds is 6. The van der Waals surface area contributed by atoms with Gasteiger partial charge >= 0.3 is 0 Å². The van der Waals surface area contributed by atoms with Gasteiger partial charge in [-0.15, -0.1) is 0 Å². The van der Waals surface area contributed by atoms with E-state index in [1.165, 1.54) is 24.3 Å². The minimum Gasteiger partial charge on any atom is -0.484 e. The van der Waals surface area contributed by atoms with Gasteiger partial charge in [-0.2, -0.15) is 5.10 Å². The summed E-state index contributed by atoms with van der Waals surface area (Å²) >= 11 is 0. The predicted molar refractivity (Wildman–Crippen MR) is 83.2 cm³/mol. The largest absolute Gasteiger partial charge is 0.484 e. The van der Waals surface area contributed by atoms with Crippen molar-refractivity contribution in [1.82, 2.24) is 10.4 Å². The van der Waals surface area contributed by atoms with Gasteiger partial charge in [-0.3, -0.25) is 19.9 Å². The Morgan fingerprint density at radius 1 is 1.26 bits per heavy atom. The number of nitrogens with zero attached hydrogens (tertiary/aromatic N) is 3. The summed E-state index contributed by atoms with van der Waals surface area (Å²) in [5, 5.41) is 14.5. The van der Waals surface area contributed by atoms with Gasteiger partial charge in [-0.1, -0.05) is 0 Å². The maximum atomic E-state index is 11.7. The van der Waals surface area contributed by atoms with Crippen molar-refractivity contribution in [1.29, 1.82) is 0 Å². The molecule has 0 radical (unpaired) electrons. The van der Waals surface area contributed by atoms with Gasteiger partial charge in [0.15, 0.2) is 6.61 Å². The van der Waals surface area contributed by atoms with Crippen LogP contribution in [0.4, 0.5) is 5.69 Å². The van der Waals surface area contributed by atoms with Gasteiger partial charge in [0.1, 0.15) is 5.75 Å². The van der Waals surface area contributed by atoms with Gasteiger partial charge in [0.25, 0.3) is 11.6 Å². The molecule has 0 unspecified atom stereocenters. The molecule has 0 saturated carbocycles. The second-order valence-corrected chi connectivity index (χ2v) is 4.51. The van der Waals surface area contributed by atoms with Crippen LogP contribution in [0, 0.1) is 10.1 Å². The molecule has 8 nitrogen and oxygen atoms in total. The van der Waals surface area contributed by atoms with Gasteiger partial charge in [0, 0.05) is 30.1 Å². The zero-order valence-corrected chi connectivity index (χ0v) is 12.3. The highest BCUT2D eigenvalue weighted by Gasteiger charge is 2.06. The molecule has 1 heterocycles. The molecule has 2 rings (SSSR count). The first-order valence-electron chi connectivity index (χ1n) is 6.67. The van der Waals surface area contributed by atoms with Crippen LogP contribution < -0.4 is 10.2 Å². The summed E-state index contributed by atoms with van der Waals surface area (Å²) < 4.78 is 5.23. The maximum absolute atomic E-state index is 11.7. The van der Waals surface area contributed by atoms with Crippen LogP contribution >= 0.6 is 0 Å². The molecule has 1 amide bonds. The monoisotopic (exact) mass is 314 g/mol. The summed E-state index contributed by atoms with van der Waals surface area (Å²) in [6, 6.07) is 9.02. The summed E-state index contributed by atoms with van der Waals surface area (Å²) in [7, 11) is 0. The highest BCUT2D eigenvalue weighted by atomic mass is 16.6. The number of non-ortho nitro benzene ring substituents is 1. The topological polar surface area (TPSA) is 107 Å². The molecule has 0 atom stereocenters. The van der Waals surface area contributed by atoms with Crippen LogP contribution in [-0.2, 0) is 4.79 Å². The van der Waals surface area contributed by atoms with Crippen LogP contribution in [0.5, 0.6) is 5.75 Å². The van der Waals surface area contributed by atoms with Crippen LogP contribution in [0.3, 0.4) is 0 Å². The molecule has 118 valence electrons. The summed E-state index contributed by atoms with van der Waals surface area (Å²) in [5.41, 5.74) is 3.81. The average molecular weight is 314 g/mol. The lowest BCUT2D eigenvalue weighted by atomic mass is 10.2. The third-order valence-electron chi connectivity index (χ3n) is 2.86. The van der Waals surface area contributed by atoms with Gasteiger partial charge in [-0.05, 0) is 31.2 Å². The minimum atomic E-state index is -0.507. The number of nitro benzene ring substituents is 1. The molecule has 23 heavy (non-hydrogen) atoms.